The number of alkyl halides is 1. The number of carbonyl (C=O) groups is 2. The quantitative estimate of drug-likeness (QED) is 0.780. The topological polar surface area (TPSA) is 58.2 Å². The molecule has 4 nitrogen and oxygen atoms in total. The molecule has 86 valence electrons. The van der Waals surface area contributed by atoms with Crippen LogP contribution in [0.5, 0.6) is 0 Å². The van der Waals surface area contributed by atoms with E-state index in [4.69, 9.17) is 11.6 Å². The van der Waals surface area contributed by atoms with Crippen LogP contribution in [0.2, 0.25) is 0 Å². The van der Waals surface area contributed by atoms with Gasteiger partial charge in [0.15, 0.2) is 0 Å². The highest BCUT2D eigenvalue weighted by Gasteiger charge is 2.04. The number of amides is 2. The van der Waals surface area contributed by atoms with E-state index < -0.39 is 17.6 Å². The minimum atomic E-state index is -0.442. The first-order valence-electron chi connectivity index (χ1n) is 4.50. The summed E-state index contributed by atoms with van der Waals surface area (Å²) in [5.41, 5.74) is 0.338. The van der Waals surface area contributed by atoms with E-state index in [0.717, 1.165) is 0 Å². The van der Waals surface area contributed by atoms with Crippen LogP contribution in [-0.4, -0.2) is 24.2 Å². The van der Waals surface area contributed by atoms with E-state index in [1.165, 1.54) is 18.2 Å². The van der Waals surface area contributed by atoms with Crippen molar-refractivity contribution >= 4 is 29.1 Å². The molecule has 0 spiro atoms. The average Bonchev–Trinajstić information content (AvgIpc) is 2.26. The zero-order chi connectivity index (χ0) is 12.0. The average molecular weight is 245 g/mol. The fraction of sp³-hybridized carbons (Fsp3) is 0.200. The Balaban J connectivity index is 2.43. The first-order chi connectivity index (χ1) is 7.61. The van der Waals surface area contributed by atoms with Gasteiger partial charge in [0.05, 0.1) is 6.54 Å². The van der Waals surface area contributed by atoms with Crippen molar-refractivity contribution < 1.29 is 14.0 Å². The maximum atomic E-state index is 12.7. The molecule has 0 aliphatic rings. The molecule has 0 aromatic heterocycles. The molecule has 2 N–H and O–H groups in total. The Bertz CT molecular complexity index is 398. The van der Waals surface area contributed by atoms with Gasteiger partial charge in [-0.3, -0.25) is 9.59 Å². The fourth-order valence-electron chi connectivity index (χ4n) is 0.998. The fourth-order valence-corrected chi connectivity index (χ4v) is 1.09. The summed E-state index contributed by atoms with van der Waals surface area (Å²) in [6, 6.07) is 5.47. The van der Waals surface area contributed by atoms with Crippen LogP contribution in [0.25, 0.3) is 0 Å². The Labute approximate surface area is 96.8 Å². The van der Waals surface area contributed by atoms with Gasteiger partial charge in [-0.1, -0.05) is 6.07 Å². The molecule has 0 aliphatic carbocycles. The van der Waals surface area contributed by atoms with Crippen molar-refractivity contribution in [2.75, 3.05) is 17.7 Å². The molecule has 0 atom stereocenters. The van der Waals surface area contributed by atoms with Gasteiger partial charge in [-0.05, 0) is 18.2 Å². The highest BCUT2D eigenvalue weighted by atomic mass is 35.5. The number of halogens is 2. The minimum Gasteiger partial charge on any atom is -0.346 e. The summed E-state index contributed by atoms with van der Waals surface area (Å²) in [5, 5.41) is 4.72. The minimum absolute atomic E-state index is 0.192. The summed E-state index contributed by atoms with van der Waals surface area (Å²) in [7, 11) is 0. The largest absolute Gasteiger partial charge is 0.346 e. The number of carbonyl (C=O) groups excluding carboxylic acids is 2. The molecule has 16 heavy (non-hydrogen) atoms. The maximum Gasteiger partial charge on any atom is 0.243 e. The van der Waals surface area contributed by atoms with Gasteiger partial charge in [0.1, 0.15) is 11.7 Å². The summed E-state index contributed by atoms with van der Waals surface area (Å²) in [6.07, 6.45) is 0. The third-order valence-electron chi connectivity index (χ3n) is 1.68. The summed E-state index contributed by atoms with van der Waals surface area (Å²) in [4.78, 5) is 22.0. The molecular weight excluding hydrogens is 235 g/mol. The van der Waals surface area contributed by atoms with E-state index in [1.54, 1.807) is 6.07 Å². The van der Waals surface area contributed by atoms with E-state index in [9.17, 15) is 14.0 Å². The van der Waals surface area contributed by atoms with Gasteiger partial charge in [-0.25, -0.2) is 4.39 Å². The third kappa shape index (κ3) is 4.27. The van der Waals surface area contributed by atoms with Crippen LogP contribution < -0.4 is 10.6 Å². The van der Waals surface area contributed by atoms with Gasteiger partial charge in [-0.2, -0.15) is 0 Å². The van der Waals surface area contributed by atoms with Crippen molar-refractivity contribution in [2.45, 2.75) is 0 Å². The summed E-state index contributed by atoms with van der Waals surface area (Å²) < 4.78 is 12.7. The molecule has 6 heteroatoms. The van der Waals surface area contributed by atoms with E-state index >= 15 is 0 Å². The number of rotatable bonds is 4. The molecule has 1 aromatic carbocycles. The maximum absolute atomic E-state index is 12.7. The zero-order valence-electron chi connectivity index (χ0n) is 8.30. The van der Waals surface area contributed by atoms with E-state index in [0.29, 0.717) is 5.69 Å². The zero-order valence-corrected chi connectivity index (χ0v) is 9.05. The van der Waals surface area contributed by atoms with Crippen LogP contribution in [0.15, 0.2) is 24.3 Å². The number of nitrogens with one attached hydrogen (secondary N) is 2. The van der Waals surface area contributed by atoms with Crippen molar-refractivity contribution in [1.82, 2.24) is 5.32 Å². The predicted molar refractivity (Wildman–Crippen MR) is 58.8 cm³/mol. The van der Waals surface area contributed by atoms with Crippen LogP contribution in [0.4, 0.5) is 10.1 Å². The molecule has 1 aromatic rings. The molecule has 0 saturated carbocycles. The number of hydrogen-bond donors (Lipinski definition) is 2. The second-order valence-corrected chi connectivity index (χ2v) is 3.24. The van der Waals surface area contributed by atoms with Crippen molar-refractivity contribution in [3.8, 4) is 0 Å². The summed E-state index contributed by atoms with van der Waals surface area (Å²) in [5.74, 6) is -1.52. The van der Waals surface area contributed by atoms with Crippen LogP contribution in [0.3, 0.4) is 0 Å². The van der Waals surface area contributed by atoms with Crippen LogP contribution in [-0.2, 0) is 9.59 Å². The van der Waals surface area contributed by atoms with Gasteiger partial charge >= 0.3 is 0 Å². The molecule has 0 unspecified atom stereocenters. The van der Waals surface area contributed by atoms with Gasteiger partial charge < -0.3 is 10.6 Å². The molecule has 1 rings (SSSR count). The lowest BCUT2D eigenvalue weighted by molar-refractivity contribution is -0.122. The summed E-state index contributed by atoms with van der Waals surface area (Å²) in [6.45, 7) is -0.192. The normalized spacial score (nSPS) is 9.62. The van der Waals surface area contributed by atoms with Crippen LogP contribution in [0, 0.1) is 5.82 Å². The van der Waals surface area contributed by atoms with Crippen LogP contribution in [0.1, 0.15) is 0 Å². The predicted octanol–water partition coefficient (Wildman–Crippen LogP) is 1.12. The van der Waals surface area contributed by atoms with E-state index in [-0.39, 0.29) is 12.4 Å². The third-order valence-corrected chi connectivity index (χ3v) is 1.92. The first-order valence-corrected chi connectivity index (χ1v) is 5.03. The lowest BCUT2D eigenvalue weighted by Gasteiger charge is -2.05. The molecule has 0 aliphatic heterocycles. The Morgan fingerprint density at radius 2 is 2.06 bits per heavy atom. The Morgan fingerprint density at radius 1 is 1.31 bits per heavy atom. The van der Waals surface area contributed by atoms with Gasteiger partial charge in [-0.15, -0.1) is 11.6 Å². The Kier molecular flexibility index (Phi) is 4.72. The molecule has 0 heterocycles. The molecule has 0 fully saturated rings. The molecule has 2 amide bonds. The number of anilines is 1. The van der Waals surface area contributed by atoms with Gasteiger partial charge in [0.25, 0.3) is 0 Å². The van der Waals surface area contributed by atoms with E-state index in [2.05, 4.69) is 10.6 Å². The smallest absolute Gasteiger partial charge is 0.243 e. The van der Waals surface area contributed by atoms with Gasteiger partial charge in [0.2, 0.25) is 11.8 Å². The highest BCUT2D eigenvalue weighted by molar-refractivity contribution is 6.27. The number of benzene rings is 1. The second kappa shape index (κ2) is 6.07. The SMILES string of the molecule is O=C(CCl)NCC(=O)Nc1cccc(F)c1. The molecular formula is C10H10ClFN2O2. The lowest BCUT2D eigenvalue weighted by atomic mass is 10.3. The monoisotopic (exact) mass is 244 g/mol. The summed E-state index contributed by atoms with van der Waals surface area (Å²) >= 11 is 5.22. The molecule has 0 bridgehead atoms. The van der Waals surface area contributed by atoms with Crippen LogP contribution >= 0.6 is 11.6 Å². The molecule has 0 radical (unpaired) electrons. The lowest BCUT2D eigenvalue weighted by Crippen LogP contribution is -2.33. The first kappa shape index (κ1) is 12.4. The number of hydrogen-bond acceptors (Lipinski definition) is 2. The van der Waals surface area contributed by atoms with E-state index in [1.807, 2.05) is 0 Å². The van der Waals surface area contributed by atoms with Crippen molar-refractivity contribution in [2.24, 2.45) is 0 Å². The second-order valence-electron chi connectivity index (χ2n) is 2.97. The van der Waals surface area contributed by atoms with Crippen molar-refractivity contribution in [1.29, 1.82) is 0 Å². The standard InChI is InChI=1S/C10H10ClFN2O2/c11-5-9(15)13-6-10(16)14-8-3-1-2-7(12)4-8/h1-4H,5-6H2,(H,13,15)(H,14,16). The Morgan fingerprint density at radius 3 is 2.69 bits per heavy atom. The Hall–Kier alpha value is -1.62. The highest BCUT2D eigenvalue weighted by Crippen LogP contribution is 2.08. The van der Waals surface area contributed by atoms with Crippen molar-refractivity contribution in [3.05, 3.63) is 30.1 Å². The van der Waals surface area contributed by atoms with Gasteiger partial charge in [0, 0.05) is 5.69 Å². The van der Waals surface area contributed by atoms with Crippen molar-refractivity contribution in [3.63, 3.8) is 0 Å². The molecule has 0 saturated heterocycles.